The molecule has 0 saturated heterocycles. The minimum atomic E-state index is -0.705. The summed E-state index contributed by atoms with van der Waals surface area (Å²) in [5.74, 6) is 1.74. The van der Waals surface area contributed by atoms with Gasteiger partial charge < -0.3 is 10.2 Å². The number of hydrogen-bond acceptors (Lipinski definition) is 3. The van der Waals surface area contributed by atoms with Crippen molar-refractivity contribution >= 4 is 11.8 Å². The first-order chi connectivity index (χ1) is 14.1. The van der Waals surface area contributed by atoms with Gasteiger partial charge in [0.2, 0.25) is 0 Å². The van der Waals surface area contributed by atoms with Crippen LogP contribution in [0, 0.1) is 46.3 Å². The van der Waals surface area contributed by atoms with Crippen LogP contribution in [0.25, 0.3) is 0 Å². The van der Waals surface area contributed by atoms with Crippen LogP contribution >= 0.6 is 0 Å². The van der Waals surface area contributed by atoms with E-state index in [-0.39, 0.29) is 35.2 Å². The Morgan fingerprint density at radius 1 is 1.13 bits per heavy atom. The number of fused-ring (bicyclic) bond motifs is 5. The molecule has 30 heavy (non-hydrogen) atoms. The van der Waals surface area contributed by atoms with E-state index in [1.807, 2.05) is 13.0 Å². The molecular formula is C26H40O4. The Kier molecular flexibility index (Phi) is 5.70. The molecule has 4 fully saturated rings. The predicted molar refractivity (Wildman–Crippen MR) is 117 cm³/mol. The van der Waals surface area contributed by atoms with Crippen LogP contribution in [0.4, 0.5) is 0 Å². The summed E-state index contributed by atoms with van der Waals surface area (Å²) in [7, 11) is 0. The lowest BCUT2D eigenvalue weighted by atomic mass is 9.43. The maximum Gasteiger partial charge on any atom is 0.303 e. The van der Waals surface area contributed by atoms with Crippen molar-refractivity contribution in [2.24, 2.45) is 46.3 Å². The molecule has 4 rings (SSSR count). The standard InChI is InChI=1S/C26H40O4/c1-5-17-21-14-16(27)10-12-26(21,4)20-11-13-25(3)18(15(2)6-9-22(28)29)7-8-19(25)23(20)24(17)30/h5,15-16,18-21,23,27H,6-14H2,1-4H3,(H,28,29)/b17-5+/t15-,16-,18?,19?,20?,21?,23-,25-,26-/m1/s1. The molecular weight excluding hydrogens is 376 g/mol. The van der Waals surface area contributed by atoms with Crippen LogP contribution in [0.1, 0.15) is 85.5 Å². The van der Waals surface area contributed by atoms with Crippen LogP contribution in [0.2, 0.25) is 0 Å². The summed E-state index contributed by atoms with van der Waals surface area (Å²) in [6.45, 7) is 9.04. The second-order valence-electron chi connectivity index (χ2n) is 11.5. The summed E-state index contributed by atoms with van der Waals surface area (Å²) in [6.07, 6.45) is 9.86. The molecule has 0 bridgehead atoms. The van der Waals surface area contributed by atoms with E-state index in [0.717, 1.165) is 56.9 Å². The smallest absolute Gasteiger partial charge is 0.303 e. The lowest BCUT2D eigenvalue weighted by Gasteiger charge is -2.61. The lowest BCUT2D eigenvalue weighted by Crippen LogP contribution is -2.58. The highest BCUT2D eigenvalue weighted by atomic mass is 16.4. The van der Waals surface area contributed by atoms with E-state index in [2.05, 4.69) is 20.8 Å². The van der Waals surface area contributed by atoms with Gasteiger partial charge in [-0.15, -0.1) is 0 Å². The molecule has 168 valence electrons. The number of allylic oxidation sites excluding steroid dienone is 2. The summed E-state index contributed by atoms with van der Waals surface area (Å²) < 4.78 is 0. The maximum atomic E-state index is 13.8. The van der Waals surface area contributed by atoms with E-state index in [1.54, 1.807) is 0 Å². The minimum Gasteiger partial charge on any atom is -0.481 e. The molecule has 0 spiro atoms. The monoisotopic (exact) mass is 416 g/mol. The van der Waals surface area contributed by atoms with Gasteiger partial charge in [-0.25, -0.2) is 0 Å². The number of hydrogen-bond donors (Lipinski definition) is 2. The number of aliphatic carboxylic acids is 1. The number of carboxylic acid groups (broad SMARTS) is 1. The number of ketones is 1. The topological polar surface area (TPSA) is 74.6 Å². The van der Waals surface area contributed by atoms with Crippen molar-refractivity contribution in [3.8, 4) is 0 Å². The summed E-state index contributed by atoms with van der Waals surface area (Å²) in [4.78, 5) is 24.9. The van der Waals surface area contributed by atoms with E-state index in [0.29, 0.717) is 29.5 Å². The van der Waals surface area contributed by atoms with Gasteiger partial charge in [0.05, 0.1) is 6.10 Å². The Hall–Kier alpha value is -1.16. The van der Waals surface area contributed by atoms with Gasteiger partial charge in [-0.3, -0.25) is 9.59 Å². The van der Waals surface area contributed by atoms with Crippen LogP contribution in [0.5, 0.6) is 0 Å². The highest BCUT2D eigenvalue weighted by Gasteiger charge is 2.64. The van der Waals surface area contributed by atoms with Gasteiger partial charge in [0, 0.05) is 12.3 Å². The van der Waals surface area contributed by atoms with E-state index >= 15 is 0 Å². The summed E-state index contributed by atoms with van der Waals surface area (Å²) in [6, 6.07) is 0. The van der Waals surface area contributed by atoms with Crippen molar-refractivity contribution in [2.75, 3.05) is 0 Å². The fraction of sp³-hybridized carbons (Fsp3) is 0.846. The Bertz CT molecular complexity index is 741. The van der Waals surface area contributed by atoms with Gasteiger partial charge in [0.15, 0.2) is 5.78 Å². The van der Waals surface area contributed by atoms with Gasteiger partial charge in [-0.05, 0) is 104 Å². The zero-order valence-corrected chi connectivity index (χ0v) is 19.2. The zero-order chi connectivity index (χ0) is 21.8. The molecule has 0 heterocycles. The second-order valence-corrected chi connectivity index (χ2v) is 11.5. The van der Waals surface area contributed by atoms with E-state index < -0.39 is 5.97 Å². The van der Waals surface area contributed by atoms with Crippen molar-refractivity contribution in [2.45, 2.75) is 91.6 Å². The Morgan fingerprint density at radius 3 is 2.47 bits per heavy atom. The third-order valence-corrected chi connectivity index (χ3v) is 10.3. The third-order valence-electron chi connectivity index (χ3n) is 10.3. The molecule has 2 N–H and O–H groups in total. The molecule has 0 aromatic rings. The van der Waals surface area contributed by atoms with Crippen molar-refractivity contribution in [1.82, 2.24) is 0 Å². The first kappa shape index (κ1) is 22.0. The Labute approximate surface area is 181 Å². The van der Waals surface area contributed by atoms with Crippen LogP contribution in [-0.2, 0) is 9.59 Å². The van der Waals surface area contributed by atoms with Gasteiger partial charge in [-0.2, -0.15) is 0 Å². The number of carbonyl (C=O) groups excluding carboxylic acids is 1. The number of carbonyl (C=O) groups is 2. The van der Waals surface area contributed by atoms with Gasteiger partial charge >= 0.3 is 5.97 Å². The summed E-state index contributed by atoms with van der Waals surface area (Å²) >= 11 is 0. The molecule has 4 saturated carbocycles. The molecule has 0 radical (unpaired) electrons. The number of rotatable bonds is 4. The van der Waals surface area contributed by atoms with Gasteiger partial charge in [0.1, 0.15) is 0 Å². The number of carboxylic acids is 1. The normalized spacial score (nSPS) is 48.0. The molecule has 4 aliphatic rings. The van der Waals surface area contributed by atoms with Crippen molar-refractivity contribution in [1.29, 1.82) is 0 Å². The second kappa shape index (κ2) is 7.76. The molecule has 0 aliphatic heterocycles. The molecule has 0 aromatic carbocycles. The Balaban J connectivity index is 1.64. The lowest BCUT2D eigenvalue weighted by molar-refractivity contribution is -0.150. The number of aliphatic hydroxyl groups is 1. The van der Waals surface area contributed by atoms with Crippen molar-refractivity contribution < 1.29 is 19.8 Å². The zero-order valence-electron chi connectivity index (χ0n) is 19.2. The molecule has 0 amide bonds. The highest BCUT2D eigenvalue weighted by molar-refractivity contribution is 5.99. The van der Waals surface area contributed by atoms with Crippen LogP contribution in [0.3, 0.4) is 0 Å². The fourth-order valence-corrected chi connectivity index (χ4v) is 8.72. The molecule has 4 aliphatic carbocycles. The van der Waals surface area contributed by atoms with Crippen molar-refractivity contribution in [3.63, 3.8) is 0 Å². The largest absolute Gasteiger partial charge is 0.481 e. The average molecular weight is 417 g/mol. The fourth-order valence-electron chi connectivity index (χ4n) is 8.72. The first-order valence-electron chi connectivity index (χ1n) is 12.2. The predicted octanol–water partition coefficient (Wildman–Crippen LogP) is 5.24. The molecule has 4 nitrogen and oxygen atoms in total. The molecule has 4 unspecified atom stereocenters. The van der Waals surface area contributed by atoms with E-state index in [4.69, 9.17) is 5.11 Å². The quantitative estimate of drug-likeness (QED) is 0.614. The van der Waals surface area contributed by atoms with Gasteiger partial charge in [0.25, 0.3) is 0 Å². The summed E-state index contributed by atoms with van der Waals surface area (Å²) in [5.41, 5.74) is 1.25. The number of aliphatic hydroxyl groups excluding tert-OH is 1. The van der Waals surface area contributed by atoms with E-state index in [1.165, 1.54) is 0 Å². The van der Waals surface area contributed by atoms with Crippen LogP contribution in [-0.4, -0.2) is 28.1 Å². The molecule has 9 atom stereocenters. The molecule has 0 aromatic heterocycles. The maximum absolute atomic E-state index is 13.8. The van der Waals surface area contributed by atoms with Crippen LogP contribution in [0.15, 0.2) is 11.6 Å². The first-order valence-corrected chi connectivity index (χ1v) is 12.2. The average Bonchev–Trinajstić information content (AvgIpc) is 3.05. The SMILES string of the molecule is C/C=C1/C(=O)[C@H]2C(CC[C@@]3(C)C2CCC3[C@H](C)CCC(=O)O)[C@@]2(C)CC[C@@H](O)CC12. The van der Waals surface area contributed by atoms with E-state index in [9.17, 15) is 14.7 Å². The third kappa shape index (κ3) is 3.20. The Morgan fingerprint density at radius 2 is 1.80 bits per heavy atom. The minimum absolute atomic E-state index is 0.114. The number of Topliss-reactive ketones (excluding diaryl/α,β-unsaturated/α-hetero) is 1. The summed E-state index contributed by atoms with van der Waals surface area (Å²) in [5, 5.41) is 19.5. The van der Waals surface area contributed by atoms with Gasteiger partial charge in [-0.1, -0.05) is 26.8 Å². The molecule has 4 heteroatoms. The van der Waals surface area contributed by atoms with Crippen LogP contribution < -0.4 is 0 Å². The van der Waals surface area contributed by atoms with Crippen molar-refractivity contribution in [3.05, 3.63) is 11.6 Å². The highest BCUT2D eigenvalue weighted by Crippen LogP contribution is 2.68.